The third-order valence-corrected chi connectivity index (χ3v) is 4.11. The summed E-state index contributed by atoms with van der Waals surface area (Å²) in [6.45, 7) is 1.45. The van der Waals surface area contributed by atoms with Gasteiger partial charge in [0.25, 0.3) is 0 Å². The summed E-state index contributed by atoms with van der Waals surface area (Å²) in [6.07, 6.45) is 7.29. The van der Waals surface area contributed by atoms with Crippen LogP contribution in [0.3, 0.4) is 0 Å². The number of carbonyl (C=O) groups is 1. The zero-order valence-corrected chi connectivity index (χ0v) is 12.9. The molecule has 0 bridgehead atoms. The summed E-state index contributed by atoms with van der Waals surface area (Å²) in [7, 11) is 1.66. The van der Waals surface area contributed by atoms with Gasteiger partial charge in [-0.1, -0.05) is 31.4 Å². The van der Waals surface area contributed by atoms with Crippen LogP contribution in [0.15, 0.2) is 24.3 Å². The fourth-order valence-electron chi connectivity index (χ4n) is 2.84. The molecule has 0 aliphatic heterocycles. The van der Waals surface area contributed by atoms with Crippen LogP contribution in [0.1, 0.15) is 37.7 Å². The molecule has 116 valence electrons. The summed E-state index contributed by atoms with van der Waals surface area (Å²) >= 11 is 0. The maximum atomic E-state index is 11.8. The number of carbonyl (C=O) groups excluding carboxylic acids is 1. The number of urea groups is 1. The summed E-state index contributed by atoms with van der Waals surface area (Å²) in [6, 6.07) is 7.89. The zero-order valence-electron chi connectivity index (χ0n) is 12.9. The van der Waals surface area contributed by atoms with Gasteiger partial charge in [-0.15, -0.1) is 0 Å². The SMILES string of the molecule is COc1cccc(CCNC(=O)NCC2CCCCC2)c1. The summed E-state index contributed by atoms with van der Waals surface area (Å²) in [4.78, 5) is 11.8. The molecule has 4 nitrogen and oxygen atoms in total. The van der Waals surface area contributed by atoms with E-state index < -0.39 is 0 Å². The third-order valence-electron chi connectivity index (χ3n) is 4.11. The molecule has 1 aliphatic rings. The lowest BCUT2D eigenvalue weighted by molar-refractivity contribution is 0.236. The van der Waals surface area contributed by atoms with Gasteiger partial charge in [0.15, 0.2) is 0 Å². The fraction of sp³-hybridized carbons (Fsp3) is 0.588. The Morgan fingerprint density at radius 2 is 2.05 bits per heavy atom. The van der Waals surface area contributed by atoms with Gasteiger partial charge in [-0.25, -0.2) is 4.79 Å². The first-order valence-electron chi connectivity index (χ1n) is 7.92. The minimum atomic E-state index is -0.0523. The van der Waals surface area contributed by atoms with Gasteiger partial charge < -0.3 is 15.4 Å². The van der Waals surface area contributed by atoms with Crippen LogP contribution in [-0.2, 0) is 6.42 Å². The molecular formula is C17H26N2O2. The van der Waals surface area contributed by atoms with Crippen LogP contribution in [0.5, 0.6) is 5.75 Å². The lowest BCUT2D eigenvalue weighted by atomic mass is 9.89. The number of methoxy groups -OCH3 is 1. The molecule has 0 unspecified atom stereocenters. The quantitative estimate of drug-likeness (QED) is 0.845. The average molecular weight is 290 g/mol. The van der Waals surface area contributed by atoms with Crippen molar-refractivity contribution in [2.45, 2.75) is 38.5 Å². The molecule has 0 atom stereocenters. The number of hydrogen-bond acceptors (Lipinski definition) is 2. The van der Waals surface area contributed by atoms with Gasteiger partial charge >= 0.3 is 6.03 Å². The molecule has 0 saturated heterocycles. The second-order valence-corrected chi connectivity index (χ2v) is 5.74. The fourth-order valence-corrected chi connectivity index (χ4v) is 2.84. The normalized spacial score (nSPS) is 15.5. The number of benzene rings is 1. The summed E-state index contributed by atoms with van der Waals surface area (Å²) in [5.41, 5.74) is 1.17. The average Bonchev–Trinajstić information content (AvgIpc) is 2.54. The van der Waals surface area contributed by atoms with Crippen LogP contribution in [0, 0.1) is 5.92 Å². The van der Waals surface area contributed by atoms with E-state index in [9.17, 15) is 4.79 Å². The molecular weight excluding hydrogens is 264 g/mol. The lowest BCUT2D eigenvalue weighted by Gasteiger charge is -2.21. The van der Waals surface area contributed by atoms with Crippen molar-refractivity contribution in [3.63, 3.8) is 0 Å². The first kappa shape index (κ1) is 15.7. The van der Waals surface area contributed by atoms with Crippen molar-refractivity contribution in [2.75, 3.05) is 20.2 Å². The van der Waals surface area contributed by atoms with E-state index in [2.05, 4.69) is 10.6 Å². The van der Waals surface area contributed by atoms with E-state index in [1.807, 2.05) is 24.3 Å². The van der Waals surface area contributed by atoms with Crippen LogP contribution in [0.25, 0.3) is 0 Å². The maximum absolute atomic E-state index is 11.8. The minimum Gasteiger partial charge on any atom is -0.497 e. The highest BCUT2D eigenvalue weighted by Gasteiger charge is 2.13. The van der Waals surface area contributed by atoms with Gasteiger partial charge in [-0.3, -0.25) is 0 Å². The van der Waals surface area contributed by atoms with E-state index in [-0.39, 0.29) is 6.03 Å². The smallest absolute Gasteiger partial charge is 0.314 e. The van der Waals surface area contributed by atoms with Crippen LogP contribution in [0.4, 0.5) is 4.79 Å². The van der Waals surface area contributed by atoms with E-state index in [0.717, 1.165) is 18.7 Å². The van der Waals surface area contributed by atoms with Crippen molar-refractivity contribution in [3.05, 3.63) is 29.8 Å². The predicted molar refractivity (Wildman–Crippen MR) is 84.7 cm³/mol. The number of rotatable bonds is 6. The first-order valence-corrected chi connectivity index (χ1v) is 7.92. The number of hydrogen-bond donors (Lipinski definition) is 2. The topological polar surface area (TPSA) is 50.4 Å². The molecule has 1 saturated carbocycles. The Bertz CT molecular complexity index is 442. The Balaban J connectivity index is 1.62. The van der Waals surface area contributed by atoms with Crippen molar-refractivity contribution in [1.82, 2.24) is 10.6 Å². The highest BCUT2D eigenvalue weighted by molar-refractivity contribution is 5.73. The minimum absolute atomic E-state index is 0.0523. The van der Waals surface area contributed by atoms with E-state index in [1.165, 1.54) is 37.7 Å². The van der Waals surface area contributed by atoms with Gasteiger partial charge in [-0.05, 0) is 42.9 Å². The standard InChI is InChI=1S/C17H26N2O2/c1-21-16-9-5-8-14(12-16)10-11-18-17(20)19-13-15-6-3-2-4-7-15/h5,8-9,12,15H,2-4,6-7,10-11,13H2,1H3,(H2,18,19,20). The molecule has 0 heterocycles. The second-order valence-electron chi connectivity index (χ2n) is 5.74. The summed E-state index contributed by atoms with van der Waals surface area (Å²) < 4.78 is 5.19. The summed E-state index contributed by atoms with van der Waals surface area (Å²) in [5, 5.41) is 5.90. The molecule has 1 fully saturated rings. The lowest BCUT2D eigenvalue weighted by Crippen LogP contribution is -2.39. The Morgan fingerprint density at radius 3 is 2.81 bits per heavy atom. The molecule has 21 heavy (non-hydrogen) atoms. The molecule has 2 amide bonds. The van der Waals surface area contributed by atoms with Crippen molar-refractivity contribution >= 4 is 6.03 Å². The van der Waals surface area contributed by atoms with Crippen molar-refractivity contribution < 1.29 is 9.53 Å². The largest absolute Gasteiger partial charge is 0.497 e. The molecule has 1 aliphatic carbocycles. The molecule has 1 aromatic carbocycles. The predicted octanol–water partition coefficient (Wildman–Crippen LogP) is 3.12. The first-order chi connectivity index (χ1) is 10.3. The van der Waals surface area contributed by atoms with Crippen LogP contribution < -0.4 is 15.4 Å². The summed E-state index contributed by atoms with van der Waals surface area (Å²) in [5.74, 6) is 1.53. The van der Waals surface area contributed by atoms with Gasteiger partial charge in [0.1, 0.15) is 5.75 Å². The van der Waals surface area contributed by atoms with Crippen molar-refractivity contribution in [2.24, 2.45) is 5.92 Å². The van der Waals surface area contributed by atoms with Gasteiger partial charge in [0, 0.05) is 13.1 Å². The molecule has 4 heteroatoms. The molecule has 0 radical (unpaired) electrons. The van der Waals surface area contributed by atoms with Gasteiger partial charge in [0.2, 0.25) is 0 Å². The van der Waals surface area contributed by atoms with Gasteiger partial charge in [0.05, 0.1) is 7.11 Å². The number of nitrogens with one attached hydrogen (secondary N) is 2. The Labute approximate surface area is 127 Å². The molecule has 0 spiro atoms. The van der Waals surface area contributed by atoms with Crippen LogP contribution >= 0.6 is 0 Å². The third kappa shape index (κ3) is 5.66. The Hall–Kier alpha value is -1.71. The zero-order chi connectivity index (χ0) is 14.9. The van der Waals surface area contributed by atoms with E-state index in [1.54, 1.807) is 7.11 Å². The van der Waals surface area contributed by atoms with Crippen molar-refractivity contribution in [3.8, 4) is 5.75 Å². The maximum Gasteiger partial charge on any atom is 0.314 e. The second kappa shape index (κ2) is 8.55. The molecule has 1 aromatic rings. The van der Waals surface area contributed by atoms with E-state index in [4.69, 9.17) is 4.74 Å². The molecule has 0 aromatic heterocycles. The van der Waals surface area contributed by atoms with Gasteiger partial charge in [-0.2, -0.15) is 0 Å². The van der Waals surface area contributed by atoms with Crippen LogP contribution in [-0.4, -0.2) is 26.2 Å². The highest BCUT2D eigenvalue weighted by atomic mass is 16.5. The highest BCUT2D eigenvalue weighted by Crippen LogP contribution is 2.22. The monoisotopic (exact) mass is 290 g/mol. The molecule has 2 rings (SSSR count). The van der Waals surface area contributed by atoms with E-state index >= 15 is 0 Å². The number of amides is 2. The number of ether oxygens (including phenoxy) is 1. The Kier molecular flexibility index (Phi) is 6.38. The van der Waals surface area contributed by atoms with Crippen LogP contribution in [0.2, 0.25) is 0 Å². The van der Waals surface area contributed by atoms with Crippen molar-refractivity contribution in [1.29, 1.82) is 0 Å². The Morgan fingerprint density at radius 1 is 1.24 bits per heavy atom. The van der Waals surface area contributed by atoms with E-state index in [0.29, 0.717) is 12.5 Å². The molecule has 2 N–H and O–H groups in total.